The largest absolute Gasteiger partial charge is 0.456 e. The number of aromatic nitrogens is 2. The summed E-state index contributed by atoms with van der Waals surface area (Å²) in [6.45, 7) is 0. The molecule has 0 radical (unpaired) electrons. The Bertz CT molecular complexity index is 1530. The Labute approximate surface area is 165 Å². The van der Waals surface area contributed by atoms with Crippen LogP contribution in [0, 0.1) is 0 Å². The van der Waals surface area contributed by atoms with E-state index in [1.165, 1.54) is 0 Å². The Balaban J connectivity index is 1.80. The molecule has 0 bridgehead atoms. The normalized spacial score (nSPS) is 11.8. The molecule has 0 spiro atoms. The molecule has 3 nitrogen and oxygen atoms in total. The molecule has 6 aromatic rings. The lowest BCUT2D eigenvalue weighted by molar-refractivity contribution is 0.669. The third kappa shape index (κ3) is 2.17. The van der Waals surface area contributed by atoms with E-state index in [9.17, 15) is 0 Å². The van der Waals surface area contributed by atoms with Gasteiger partial charge in [-0.2, -0.15) is 0 Å². The highest BCUT2D eigenvalue weighted by Gasteiger charge is 2.17. The first-order valence-corrected chi connectivity index (χ1v) is 9.43. The maximum atomic E-state index is 6.37. The predicted molar refractivity (Wildman–Crippen MR) is 115 cm³/mol. The van der Waals surface area contributed by atoms with Gasteiger partial charge in [0, 0.05) is 27.1 Å². The number of fused-ring (bicyclic) bond motifs is 6. The first-order valence-electron chi connectivity index (χ1n) is 9.05. The molecule has 0 saturated heterocycles. The maximum absolute atomic E-state index is 6.37. The fraction of sp³-hybridized carbons (Fsp3) is 0. The van der Waals surface area contributed by atoms with E-state index in [-0.39, 0.29) is 5.28 Å². The molecule has 0 aliphatic rings. The van der Waals surface area contributed by atoms with Gasteiger partial charge in [-0.25, -0.2) is 9.97 Å². The van der Waals surface area contributed by atoms with Gasteiger partial charge in [-0.15, -0.1) is 0 Å². The summed E-state index contributed by atoms with van der Waals surface area (Å²) in [6, 6.07) is 26.5. The minimum absolute atomic E-state index is 0.239. The summed E-state index contributed by atoms with van der Waals surface area (Å²) in [4.78, 5) is 9.18. The minimum Gasteiger partial charge on any atom is -0.456 e. The first-order chi connectivity index (χ1) is 13.8. The zero-order chi connectivity index (χ0) is 18.7. The van der Waals surface area contributed by atoms with E-state index < -0.39 is 0 Å². The number of hydrogen-bond acceptors (Lipinski definition) is 3. The average Bonchev–Trinajstić information content (AvgIpc) is 3.12. The van der Waals surface area contributed by atoms with Gasteiger partial charge in [0.15, 0.2) is 0 Å². The zero-order valence-corrected chi connectivity index (χ0v) is 15.4. The van der Waals surface area contributed by atoms with E-state index in [0.717, 1.165) is 54.9 Å². The van der Waals surface area contributed by atoms with Crippen molar-refractivity contribution in [3.63, 3.8) is 0 Å². The molecular weight excluding hydrogens is 368 g/mol. The van der Waals surface area contributed by atoms with E-state index in [2.05, 4.69) is 46.4 Å². The monoisotopic (exact) mass is 380 g/mol. The van der Waals surface area contributed by atoms with Crippen LogP contribution < -0.4 is 0 Å². The van der Waals surface area contributed by atoms with Gasteiger partial charge in [0.2, 0.25) is 5.28 Å². The highest BCUT2D eigenvalue weighted by Crippen LogP contribution is 2.39. The van der Waals surface area contributed by atoms with Gasteiger partial charge >= 0.3 is 0 Å². The van der Waals surface area contributed by atoms with Gasteiger partial charge < -0.3 is 4.42 Å². The Morgan fingerprint density at radius 2 is 1.43 bits per heavy atom. The SMILES string of the molecule is Clc1nc(-c2cccc3oc4ccccc4c23)c2ccc3ccccc3c2n1. The summed E-state index contributed by atoms with van der Waals surface area (Å²) in [5.74, 6) is 0. The van der Waals surface area contributed by atoms with Crippen LogP contribution in [0.3, 0.4) is 0 Å². The lowest BCUT2D eigenvalue weighted by Gasteiger charge is -2.10. The quantitative estimate of drug-likeness (QED) is 0.227. The maximum Gasteiger partial charge on any atom is 0.223 e. The van der Waals surface area contributed by atoms with E-state index >= 15 is 0 Å². The third-order valence-corrected chi connectivity index (χ3v) is 5.39. The van der Waals surface area contributed by atoms with Crippen LogP contribution in [0.15, 0.2) is 83.3 Å². The van der Waals surface area contributed by atoms with Crippen LogP contribution in [0.25, 0.3) is 54.9 Å². The highest BCUT2D eigenvalue weighted by molar-refractivity contribution is 6.29. The molecule has 28 heavy (non-hydrogen) atoms. The smallest absolute Gasteiger partial charge is 0.223 e. The minimum atomic E-state index is 0.239. The molecule has 4 heteroatoms. The Morgan fingerprint density at radius 3 is 2.36 bits per heavy atom. The third-order valence-electron chi connectivity index (χ3n) is 5.22. The van der Waals surface area contributed by atoms with Crippen molar-refractivity contribution < 1.29 is 4.42 Å². The van der Waals surface area contributed by atoms with Crippen LogP contribution in [0.1, 0.15) is 0 Å². The number of hydrogen-bond donors (Lipinski definition) is 0. The lowest BCUT2D eigenvalue weighted by atomic mass is 9.98. The summed E-state index contributed by atoms with van der Waals surface area (Å²) in [5, 5.41) is 5.51. The zero-order valence-electron chi connectivity index (χ0n) is 14.7. The molecule has 6 rings (SSSR count). The van der Waals surface area contributed by atoms with E-state index in [1.54, 1.807) is 0 Å². The first kappa shape index (κ1) is 15.6. The molecule has 0 amide bonds. The van der Waals surface area contributed by atoms with Crippen molar-refractivity contribution in [3.05, 3.63) is 84.1 Å². The molecule has 0 aliphatic heterocycles. The number of benzene rings is 4. The van der Waals surface area contributed by atoms with Crippen molar-refractivity contribution in [2.75, 3.05) is 0 Å². The van der Waals surface area contributed by atoms with Crippen LogP contribution in [-0.2, 0) is 0 Å². The molecule has 0 saturated carbocycles. The van der Waals surface area contributed by atoms with Crippen molar-refractivity contribution >= 4 is 55.2 Å². The fourth-order valence-corrected chi connectivity index (χ4v) is 4.18. The van der Waals surface area contributed by atoms with Crippen molar-refractivity contribution in [1.29, 1.82) is 0 Å². The number of para-hydroxylation sites is 1. The topological polar surface area (TPSA) is 38.9 Å². The van der Waals surface area contributed by atoms with Gasteiger partial charge in [0.1, 0.15) is 11.2 Å². The van der Waals surface area contributed by atoms with Crippen molar-refractivity contribution in [2.45, 2.75) is 0 Å². The molecule has 132 valence electrons. The molecule has 2 aromatic heterocycles. The van der Waals surface area contributed by atoms with E-state index in [4.69, 9.17) is 16.0 Å². The van der Waals surface area contributed by atoms with Crippen LogP contribution in [0.5, 0.6) is 0 Å². The molecular formula is C24H13ClN2O. The standard InChI is InChI=1S/C24H13ClN2O/c25-24-26-22-15-7-2-1-6-14(15)12-13-18(22)23(27-24)17-9-5-11-20-21(17)16-8-3-4-10-19(16)28-20/h1-13H. The van der Waals surface area contributed by atoms with Crippen LogP contribution in [0.4, 0.5) is 0 Å². The van der Waals surface area contributed by atoms with E-state index in [1.807, 2.05) is 42.5 Å². The molecule has 0 aliphatic carbocycles. The molecule has 4 aromatic carbocycles. The fourth-order valence-electron chi connectivity index (χ4n) is 4.01. The molecule has 2 heterocycles. The second-order valence-electron chi connectivity index (χ2n) is 6.80. The van der Waals surface area contributed by atoms with Crippen LogP contribution >= 0.6 is 11.6 Å². The number of halogens is 1. The summed E-state index contributed by atoms with van der Waals surface area (Å²) in [7, 11) is 0. The Kier molecular flexibility index (Phi) is 3.22. The number of furan rings is 1. The van der Waals surface area contributed by atoms with Gasteiger partial charge in [0.05, 0.1) is 11.2 Å². The number of nitrogens with zero attached hydrogens (tertiary/aromatic N) is 2. The van der Waals surface area contributed by atoms with Gasteiger partial charge in [-0.3, -0.25) is 0 Å². The Hall–Kier alpha value is -3.43. The highest BCUT2D eigenvalue weighted by atomic mass is 35.5. The van der Waals surface area contributed by atoms with Gasteiger partial charge in [0.25, 0.3) is 0 Å². The lowest BCUT2D eigenvalue weighted by Crippen LogP contribution is -1.93. The summed E-state index contributed by atoms with van der Waals surface area (Å²) in [6.07, 6.45) is 0. The molecule has 0 atom stereocenters. The summed E-state index contributed by atoms with van der Waals surface area (Å²) < 4.78 is 6.05. The van der Waals surface area contributed by atoms with Crippen molar-refractivity contribution in [3.8, 4) is 11.3 Å². The van der Waals surface area contributed by atoms with Gasteiger partial charge in [-0.1, -0.05) is 60.7 Å². The summed E-state index contributed by atoms with van der Waals surface area (Å²) >= 11 is 6.37. The predicted octanol–water partition coefficient (Wildman–Crippen LogP) is 7.00. The Morgan fingerprint density at radius 1 is 0.643 bits per heavy atom. The van der Waals surface area contributed by atoms with Crippen molar-refractivity contribution in [2.24, 2.45) is 0 Å². The summed E-state index contributed by atoms with van der Waals surface area (Å²) in [5.41, 5.74) is 4.37. The second kappa shape index (κ2) is 5.78. The number of rotatable bonds is 1. The molecule has 0 unspecified atom stereocenters. The average molecular weight is 381 g/mol. The van der Waals surface area contributed by atoms with Gasteiger partial charge in [-0.05, 0) is 35.2 Å². The van der Waals surface area contributed by atoms with Crippen LogP contribution in [-0.4, -0.2) is 9.97 Å². The molecule has 0 N–H and O–H groups in total. The van der Waals surface area contributed by atoms with Crippen molar-refractivity contribution in [1.82, 2.24) is 9.97 Å². The van der Waals surface area contributed by atoms with E-state index in [0.29, 0.717) is 0 Å². The van der Waals surface area contributed by atoms with Crippen LogP contribution in [0.2, 0.25) is 5.28 Å². The second-order valence-corrected chi connectivity index (χ2v) is 7.14. The molecule has 0 fully saturated rings.